The average Bonchev–Trinajstić information content (AvgIpc) is 3.32. The number of aromatic hydroxyl groups is 1. The van der Waals surface area contributed by atoms with Gasteiger partial charge in [-0.15, -0.1) is 11.3 Å². The number of likely N-dealkylation sites (tertiary alicyclic amines) is 1. The molecule has 30 heavy (non-hydrogen) atoms. The molecule has 0 radical (unpaired) electrons. The lowest BCUT2D eigenvalue weighted by Crippen LogP contribution is -2.59. The first-order valence-electron chi connectivity index (χ1n) is 10.4. The number of hydrogen-bond donors (Lipinski definition) is 2. The fourth-order valence-electron chi connectivity index (χ4n) is 5.37. The van der Waals surface area contributed by atoms with Crippen molar-refractivity contribution in [3.63, 3.8) is 0 Å². The van der Waals surface area contributed by atoms with E-state index in [0.717, 1.165) is 34.4 Å². The van der Waals surface area contributed by atoms with Crippen LogP contribution in [-0.2, 0) is 21.1 Å². The number of thiophene rings is 1. The number of halogens is 1. The number of carbonyl (C=O) groups excluding carboxylic acids is 1. The summed E-state index contributed by atoms with van der Waals surface area (Å²) in [6.07, 6.45) is 1.12. The number of phenolic OH excluding ortho intramolecular Hbond substituents is 1. The Balaban J connectivity index is 1.68. The molecular formula is C23H29IN2O3S. The van der Waals surface area contributed by atoms with Gasteiger partial charge in [-0.1, -0.05) is 41.6 Å². The number of alkyl halides is 1. The summed E-state index contributed by atoms with van der Waals surface area (Å²) >= 11 is 3.99. The van der Waals surface area contributed by atoms with Gasteiger partial charge in [-0.25, -0.2) is 0 Å². The van der Waals surface area contributed by atoms with Crippen molar-refractivity contribution in [1.29, 1.82) is 0 Å². The fraction of sp³-hybridized carbons (Fsp3) is 0.522. The number of nitrogens with one attached hydrogen (secondary N) is 1. The van der Waals surface area contributed by atoms with E-state index in [0.29, 0.717) is 18.1 Å². The van der Waals surface area contributed by atoms with Gasteiger partial charge in [0.15, 0.2) is 11.5 Å². The SMILES string of the molecule is CC(NC(=O)Cc1cccs1)C1Oc2c(O)ccc(CI)c2C12CCN(C)CC2C. The van der Waals surface area contributed by atoms with E-state index in [1.54, 1.807) is 17.4 Å². The van der Waals surface area contributed by atoms with Crippen molar-refractivity contribution in [3.8, 4) is 11.5 Å². The Morgan fingerprint density at radius 3 is 2.93 bits per heavy atom. The second-order valence-electron chi connectivity index (χ2n) is 8.69. The maximum Gasteiger partial charge on any atom is 0.225 e. The van der Waals surface area contributed by atoms with E-state index < -0.39 is 0 Å². The molecule has 0 saturated carbocycles. The minimum absolute atomic E-state index is 0.0126. The van der Waals surface area contributed by atoms with Gasteiger partial charge in [-0.05, 0) is 55.9 Å². The maximum absolute atomic E-state index is 12.7. The second-order valence-corrected chi connectivity index (χ2v) is 10.5. The highest BCUT2D eigenvalue weighted by molar-refractivity contribution is 14.1. The minimum Gasteiger partial charge on any atom is -0.504 e. The van der Waals surface area contributed by atoms with Crippen LogP contribution in [0.4, 0.5) is 0 Å². The third-order valence-electron chi connectivity index (χ3n) is 6.71. The number of carbonyl (C=O) groups is 1. The number of ether oxygens (including phenoxy) is 1. The zero-order valence-electron chi connectivity index (χ0n) is 17.7. The molecule has 4 unspecified atom stereocenters. The van der Waals surface area contributed by atoms with Gasteiger partial charge in [0.25, 0.3) is 0 Å². The summed E-state index contributed by atoms with van der Waals surface area (Å²) in [6.45, 7) is 6.25. The lowest BCUT2D eigenvalue weighted by Gasteiger charge is -2.48. The van der Waals surface area contributed by atoms with Crippen LogP contribution < -0.4 is 10.1 Å². The van der Waals surface area contributed by atoms with Crippen LogP contribution in [0.1, 0.15) is 36.3 Å². The Kier molecular flexibility index (Phi) is 6.33. The highest BCUT2D eigenvalue weighted by Gasteiger charge is 2.57. The Labute approximate surface area is 196 Å². The summed E-state index contributed by atoms with van der Waals surface area (Å²) in [5.41, 5.74) is 2.15. The second kappa shape index (κ2) is 8.67. The molecular weight excluding hydrogens is 511 g/mol. The molecule has 1 fully saturated rings. The van der Waals surface area contributed by atoms with Crippen LogP contribution in [-0.4, -0.2) is 48.2 Å². The first-order valence-corrected chi connectivity index (χ1v) is 12.9. The molecule has 2 N–H and O–H groups in total. The van der Waals surface area contributed by atoms with Crippen LogP contribution in [0, 0.1) is 5.92 Å². The van der Waals surface area contributed by atoms with Gasteiger partial charge in [0.05, 0.1) is 12.5 Å². The van der Waals surface area contributed by atoms with Crippen molar-refractivity contribution in [1.82, 2.24) is 10.2 Å². The molecule has 1 amide bonds. The van der Waals surface area contributed by atoms with Crippen molar-refractivity contribution >= 4 is 39.8 Å². The predicted molar refractivity (Wildman–Crippen MR) is 129 cm³/mol. The van der Waals surface area contributed by atoms with Crippen molar-refractivity contribution in [2.75, 3.05) is 20.1 Å². The number of amides is 1. The van der Waals surface area contributed by atoms with Gasteiger partial charge < -0.3 is 20.1 Å². The predicted octanol–water partition coefficient (Wildman–Crippen LogP) is 4.11. The topological polar surface area (TPSA) is 61.8 Å². The lowest BCUT2D eigenvalue weighted by molar-refractivity contribution is -0.122. The molecule has 3 heterocycles. The van der Waals surface area contributed by atoms with Crippen LogP contribution in [0.25, 0.3) is 0 Å². The van der Waals surface area contributed by atoms with Crippen LogP contribution in [0.3, 0.4) is 0 Å². The van der Waals surface area contributed by atoms with Gasteiger partial charge in [-0.2, -0.15) is 0 Å². The summed E-state index contributed by atoms with van der Waals surface area (Å²) in [4.78, 5) is 16.1. The number of rotatable bonds is 5. The van der Waals surface area contributed by atoms with Gasteiger partial charge in [0, 0.05) is 26.8 Å². The molecule has 2 aliphatic rings. The van der Waals surface area contributed by atoms with Crippen LogP contribution in [0.2, 0.25) is 0 Å². The summed E-state index contributed by atoms with van der Waals surface area (Å²) in [7, 11) is 2.16. The number of benzene rings is 1. The molecule has 5 nitrogen and oxygen atoms in total. The van der Waals surface area contributed by atoms with Crippen molar-refractivity contribution in [2.45, 2.75) is 48.7 Å². The number of fused-ring (bicyclic) bond motifs is 2. The molecule has 0 aliphatic carbocycles. The Bertz CT molecular complexity index is 919. The first-order chi connectivity index (χ1) is 14.4. The average molecular weight is 540 g/mol. The highest BCUT2D eigenvalue weighted by Crippen LogP contribution is 2.56. The molecule has 1 aromatic carbocycles. The standard InChI is InChI=1S/C23H29IN2O3S/c1-14-13-26(3)9-8-23(14)20-16(12-24)6-7-18(27)21(20)29-22(23)15(2)25-19(28)11-17-5-4-10-30-17/h4-7,10,14-15,22,27H,8-9,11-13H2,1-3H3,(H,25,28). The van der Waals surface area contributed by atoms with Gasteiger partial charge in [0.1, 0.15) is 6.10 Å². The number of hydrogen-bond acceptors (Lipinski definition) is 5. The molecule has 7 heteroatoms. The summed E-state index contributed by atoms with van der Waals surface area (Å²) in [5.74, 6) is 1.16. The Morgan fingerprint density at radius 2 is 2.27 bits per heavy atom. The van der Waals surface area contributed by atoms with Crippen LogP contribution in [0.15, 0.2) is 29.6 Å². The summed E-state index contributed by atoms with van der Waals surface area (Å²) in [5, 5.41) is 15.8. The minimum atomic E-state index is -0.225. The van der Waals surface area contributed by atoms with E-state index in [1.165, 1.54) is 5.56 Å². The van der Waals surface area contributed by atoms with Crippen molar-refractivity contribution < 1.29 is 14.6 Å². The van der Waals surface area contributed by atoms with Crippen molar-refractivity contribution in [2.24, 2.45) is 5.92 Å². The van der Waals surface area contributed by atoms with Crippen molar-refractivity contribution in [3.05, 3.63) is 45.6 Å². The summed E-state index contributed by atoms with van der Waals surface area (Å²) in [6, 6.07) is 7.55. The molecule has 2 aromatic rings. The highest BCUT2D eigenvalue weighted by atomic mass is 127. The molecule has 4 rings (SSSR count). The van der Waals surface area contributed by atoms with E-state index in [9.17, 15) is 9.90 Å². The normalized spacial score (nSPS) is 26.9. The van der Waals surface area contributed by atoms with E-state index in [2.05, 4.69) is 46.8 Å². The largest absolute Gasteiger partial charge is 0.504 e. The van der Waals surface area contributed by atoms with E-state index >= 15 is 0 Å². The quantitative estimate of drug-likeness (QED) is 0.443. The molecule has 2 aliphatic heterocycles. The van der Waals surface area contributed by atoms with Gasteiger partial charge in [-0.3, -0.25) is 4.79 Å². The Morgan fingerprint density at radius 1 is 1.47 bits per heavy atom. The number of phenols is 1. The molecule has 1 spiro atoms. The van der Waals surface area contributed by atoms with E-state index in [4.69, 9.17) is 4.74 Å². The molecule has 162 valence electrons. The maximum atomic E-state index is 12.7. The lowest BCUT2D eigenvalue weighted by atomic mass is 9.62. The molecule has 1 saturated heterocycles. The van der Waals surface area contributed by atoms with E-state index in [-0.39, 0.29) is 29.2 Å². The zero-order chi connectivity index (χ0) is 21.5. The Hall–Kier alpha value is -1.32. The van der Waals surface area contributed by atoms with E-state index in [1.807, 2.05) is 30.5 Å². The third kappa shape index (κ3) is 3.73. The molecule has 1 aromatic heterocycles. The van der Waals surface area contributed by atoms with Crippen LogP contribution >= 0.6 is 33.9 Å². The third-order valence-corrected chi connectivity index (χ3v) is 8.41. The smallest absolute Gasteiger partial charge is 0.225 e. The molecule has 4 atom stereocenters. The van der Waals surface area contributed by atoms with Gasteiger partial charge >= 0.3 is 0 Å². The number of nitrogens with zero attached hydrogens (tertiary/aromatic N) is 1. The zero-order valence-corrected chi connectivity index (χ0v) is 20.6. The van der Waals surface area contributed by atoms with Gasteiger partial charge in [0.2, 0.25) is 5.91 Å². The number of piperidine rings is 1. The summed E-state index contributed by atoms with van der Waals surface area (Å²) < 4.78 is 7.35. The monoisotopic (exact) mass is 540 g/mol. The fourth-order valence-corrected chi connectivity index (χ4v) is 6.71. The van der Waals surface area contributed by atoms with Crippen LogP contribution in [0.5, 0.6) is 11.5 Å². The molecule has 0 bridgehead atoms. The first kappa shape index (κ1) is 21.9.